The van der Waals surface area contributed by atoms with Crippen molar-refractivity contribution in [2.24, 2.45) is 5.92 Å². The minimum Gasteiger partial charge on any atom is -0.444 e. The molecule has 23 heavy (non-hydrogen) atoms. The van der Waals surface area contributed by atoms with E-state index in [0.717, 1.165) is 12.0 Å². The molecule has 2 unspecified atom stereocenters. The van der Waals surface area contributed by atoms with Gasteiger partial charge in [0.05, 0.1) is 6.10 Å². The molecule has 2 atom stereocenters. The van der Waals surface area contributed by atoms with Gasteiger partial charge in [-0.3, -0.25) is 0 Å². The Hall–Kier alpha value is -0.970. The van der Waals surface area contributed by atoms with Gasteiger partial charge in [0.2, 0.25) is 0 Å². The Kier molecular flexibility index (Phi) is 5.82. The van der Waals surface area contributed by atoms with E-state index in [9.17, 15) is 9.90 Å². The lowest BCUT2D eigenvalue weighted by molar-refractivity contribution is 0.0269. The number of hydrogen-bond acceptors (Lipinski definition) is 3. The van der Waals surface area contributed by atoms with Crippen molar-refractivity contribution in [1.82, 2.24) is 4.90 Å². The van der Waals surface area contributed by atoms with Crippen molar-refractivity contribution in [3.8, 4) is 0 Å². The smallest absolute Gasteiger partial charge is 0.410 e. The zero-order valence-corrected chi connectivity index (χ0v) is 15.2. The third-order valence-electron chi connectivity index (χ3n) is 3.90. The van der Waals surface area contributed by atoms with Gasteiger partial charge in [0.1, 0.15) is 5.60 Å². The molecule has 4 nitrogen and oxygen atoms in total. The molecule has 1 heterocycles. The Morgan fingerprint density at radius 2 is 2.00 bits per heavy atom. The zero-order valence-electron chi connectivity index (χ0n) is 13.7. The number of likely N-dealkylation sites (tertiary alicyclic amines) is 1. The van der Waals surface area contributed by atoms with Gasteiger partial charge in [-0.05, 0) is 44.9 Å². The highest BCUT2D eigenvalue weighted by molar-refractivity contribution is 6.36. The van der Waals surface area contributed by atoms with Crippen LogP contribution in [-0.4, -0.2) is 40.9 Å². The first-order valence-corrected chi connectivity index (χ1v) is 8.52. The average molecular weight is 360 g/mol. The minimum atomic E-state index is -0.597. The van der Waals surface area contributed by atoms with Gasteiger partial charge < -0.3 is 14.7 Å². The van der Waals surface area contributed by atoms with Crippen LogP contribution in [0.5, 0.6) is 0 Å². The summed E-state index contributed by atoms with van der Waals surface area (Å²) in [6.45, 7) is 6.59. The normalized spacial score (nSPS) is 19.7. The highest BCUT2D eigenvalue weighted by Gasteiger charge is 2.33. The highest BCUT2D eigenvalue weighted by atomic mass is 35.5. The standard InChI is InChI=1S/C17H23Cl2NO3/c1-17(2,3)23-16(22)20-8-7-11(10-20)15(21)9-12-13(18)5-4-6-14(12)19/h4-6,11,15,21H,7-10H2,1-3H3. The summed E-state index contributed by atoms with van der Waals surface area (Å²) in [5, 5.41) is 11.6. The van der Waals surface area contributed by atoms with Crippen molar-refractivity contribution < 1.29 is 14.6 Å². The molecular weight excluding hydrogens is 337 g/mol. The summed E-state index contributed by atoms with van der Waals surface area (Å²) in [6.07, 6.45) is 0.191. The molecule has 0 bridgehead atoms. The van der Waals surface area contributed by atoms with E-state index < -0.39 is 11.7 Å². The van der Waals surface area contributed by atoms with E-state index in [2.05, 4.69) is 0 Å². The quantitative estimate of drug-likeness (QED) is 0.881. The fourth-order valence-corrected chi connectivity index (χ4v) is 3.25. The lowest BCUT2D eigenvalue weighted by Crippen LogP contribution is -2.36. The molecule has 6 heteroatoms. The molecule has 1 aromatic rings. The van der Waals surface area contributed by atoms with Crippen LogP contribution in [0, 0.1) is 5.92 Å². The molecule has 0 radical (unpaired) electrons. The molecule has 1 saturated heterocycles. The zero-order chi connectivity index (χ0) is 17.2. The van der Waals surface area contributed by atoms with Crippen molar-refractivity contribution >= 4 is 29.3 Å². The van der Waals surface area contributed by atoms with Crippen molar-refractivity contribution in [3.63, 3.8) is 0 Å². The first kappa shape index (κ1) is 18.4. The molecule has 1 aliphatic heterocycles. The van der Waals surface area contributed by atoms with Gasteiger partial charge in [-0.1, -0.05) is 29.3 Å². The molecular formula is C17H23Cl2NO3. The number of benzene rings is 1. The van der Waals surface area contributed by atoms with Crippen molar-refractivity contribution in [1.29, 1.82) is 0 Å². The summed E-state index contributed by atoms with van der Waals surface area (Å²) >= 11 is 12.3. The molecule has 128 valence electrons. The number of ether oxygens (including phenoxy) is 1. The summed E-state index contributed by atoms with van der Waals surface area (Å²) < 4.78 is 5.37. The van der Waals surface area contributed by atoms with E-state index in [1.165, 1.54) is 0 Å². The van der Waals surface area contributed by atoms with E-state index in [1.54, 1.807) is 23.1 Å². The second kappa shape index (κ2) is 7.29. The average Bonchev–Trinajstić information content (AvgIpc) is 2.91. The van der Waals surface area contributed by atoms with E-state index in [0.29, 0.717) is 29.6 Å². The van der Waals surface area contributed by atoms with Crippen molar-refractivity contribution in [2.45, 2.75) is 45.3 Å². The Labute approximate surface area is 147 Å². The lowest BCUT2D eigenvalue weighted by atomic mass is 9.95. The van der Waals surface area contributed by atoms with Crippen molar-refractivity contribution in [2.75, 3.05) is 13.1 Å². The Morgan fingerprint density at radius 1 is 1.39 bits per heavy atom. The fourth-order valence-electron chi connectivity index (χ4n) is 2.70. The molecule has 0 saturated carbocycles. The highest BCUT2D eigenvalue weighted by Crippen LogP contribution is 2.29. The van der Waals surface area contributed by atoms with Gasteiger partial charge in [0.25, 0.3) is 0 Å². The number of rotatable bonds is 3. The summed E-state index contributed by atoms with van der Waals surface area (Å²) in [5.74, 6) is -0.00476. The summed E-state index contributed by atoms with van der Waals surface area (Å²) in [6, 6.07) is 5.30. The Balaban J connectivity index is 1.95. The van der Waals surface area contributed by atoms with E-state index >= 15 is 0 Å². The molecule has 0 spiro atoms. The van der Waals surface area contributed by atoms with Crippen LogP contribution in [0.15, 0.2) is 18.2 Å². The third-order valence-corrected chi connectivity index (χ3v) is 4.60. The van der Waals surface area contributed by atoms with Crippen LogP contribution >= 0.6 is 23.2 Å². The summed E-state index contributed by atoms with van der Waals surface area (Å²) in [4.78, 5) is 13.7. The number of amides is 1. The molecule has 0 aromatic heterocycles. The molecule has 1 N–H and O–H groups in total. The van der Waals surface area contributed by atoms with E-state index in [1.807, 2.05) is 20.8 Å². The lowest BCUT2D eigenvalue weighted by Gasteiger charge is -2.25. The maximum atomic E-state index is 12.1. The number of carbonyl (C=O) groups excluding carboxylic acids is 1. The number of nitrogens with zero attached hydrogens (tertiary/aromatic N) is 1. The van der Waals surface area contributed by atoms with Crippen LogP contribution in [0.25, 0.3) is 0 Å². The van der Waals surface area contributed by atoms with Crippen LogP contribution in [0.1, 0.15) is 32.8 Å². The SMILES string of the molecule is CC(C)(C)OC(=O)N1CCC(C(O)Cc2c(Cl)cccc2Cl)C1. The van der Waals surface area contributed by atoms with Crippen LogP contribution < -0.4 is 0 Å². The maximum absolute atomic E-state index is 12.1. The van der Waals surface area contributed by atoms with Gasteiger partial charge >= 0.3 is 6.09 Å². The largest absolute Gasteiger partial charge is 0.444 e. The maximum Gasteiger partial charge on any atom is 0.410 e. The second-order valence-corrected chi connectivity index (χ2v) is 7.76. The number of hydrogen-bond donors (Lipinski definition) is 1. The van der Waals surface area contributed by atoms with Gasteiger partial charge in [-0.2, -0.15) is 0 Å². The van der Waals surface area contributed by atoms with Crippen LogP contribution in [0.3, 0.4) is 0 Å². The molecule has 2 rings (SSSR count). The van der Waals surface area contributed by atoms with Gasteiger partial charge in [-0.15, -0.1) is 0 Å². The number of aliphatic hydroxyl groups is 1. The van der Waals surface area contributed by atoms with Gasteiger partial charge in [-0.25, -0.2) is 4.79 Å². The van der Waals surface area contributed by atoms with Crippen LogP contribution in [0.2, 0.25) is 10.0 Å². The molecule has 1 fully saturated rings. The van der Waals surface area contributed by atoms with Crippen molar-refractivity contribution in [3.05, 3.63) is 33.8 Å². The minimum absolute atomic E-state index is 0.00476. The van der Waals surface area contributed by atoms with Gasteiger partial charge in [0.15, 0.2) is 0 Å². The van der Waals surface area contributed by atoms with E-state index in [4.69, 9.17) is 27.9 Å². The summed E-state index contributed by atoms with van der Waals surface area (Å²) in [7, 11) is 0. The van der Waals surface area contributed by atoms with Crippen LogP contribution in [0.4, 0.5) is 4.79 Å². The summed E-state index contributed by atoms with van der Waals surface area (Å²) in [5.41, 5.74) is 0.234. The van der Waals surface area contributed by atoms with Gasteiger partial charge in [0, 0.05) is 35.5 Å². The first-order valence-electron chi connectivity index (χ1n) is 7.76. The topological polar surface area (TPSA) is 49.8 Å². The van der Waals surface area contributed by atoms with Crippen LogP contribution in [-0.2, 0) is 11.2 Å². The van der Waals surface area contributed by atoms with E-state index in [-0.39, 0.29) is 12.0 Å². The fraction of sp³-hybridized carbons (Fsp3) is 0.588. The molecule has 1 aliphatic rings. The first-order chi connectivity index (χ1) is 10.7. The molecule has 1 amide bonds. The third kappa shape index (κ3) is 5.00. The molecule has 1 aromatic carbocycles. The Morgan fingerprint density at radius 3 is 2.57 bits per heavy atom. The predicted octanol–water partition coefficient (Wildman–Crippen LogP) is 4.15. The number of carbonyl (C=O) groups is 1. The monoisotopic (exact) mass is 359 g/mol. The number of halogens is 2. The molecule has 0 aliphatic carbocycles. The Bertz CT molecular complexity index is 551. The number of aliphatic hydroxyl groups excluding tert-OH is 1. The second-order valence-electron chi connectivity index (χ2n) is 6.95. The predicted molar refractivity (Wildman–Crippen MR) is 92.1 cm³/mol.